The van der Waals surface area contributed by atoms with Gasteiger partial charge in [-0.1, -0.05) is 19.9 Å². The Hall–Kier alpha value is -1.55. The fourth-order valence-electron chi connectivity index (χ4n) is 1.89. The molecule has 0 spiro atoms. The van der Waals surface area contributed by atoms with Gasteiger partial charge in [0.15, 0.2) is 0 Å². The summed E-state index contributed by atoms with van der Waals surface area (Å²) in [7, 11) is 0. The molecule has 96 valence electrons. The molecule has 0 aliphatic heterocycles. The van der Waals surface area contributed by atoms with Crippen LogP contribution in [0.5, 0.6) is 0 Å². The molecular formula is C14H19N3S. The lowest BCUT2D eigenvalue weighted by Crippen LogP contribution is -2.17. The molecule has 4 heteroatoms. The maximum atomic E-state index is 6.00. The number of aromatic nitrogens is 1. The molecule has 0 radical (unpaired) electrons. The van der Waals surface area contributed by atoms with Crippen LogP contribution in [0.2, 0.25) is 0 Å². The predicted octanol–water partition coefficient (Wildman–Crippen LogP) is 3.84. The molecule has 2 aromatic rings. The summed E-state index contributed by atoms with van der Waals surface area (Å²) in [4.78, 5) is 5.69. The smallest absolute Gasteiger partial charge is 0.149 e. The Bertz CT molecular complexity index is 506. The summed E-state index contributed by atoms with van der Waals surface area (Å²) in [5.41, 5.74) is 7.79. The number of aryl methyl sites for hydroxylation is 1. The Kier molecular flexibility index (Phi) is 3.87. The van der Waals surface area contributed by atoms with E-state index in [0.717, 1.165) is 11.4 Å². The second-order valence-corrected chi connectivity index (χ2v) is 5.81. The Morgan fingerprint density at radius 1 is 1.39 bits per heavy atom. The largest absolute Gasteiger partial charge is 0.396 e. The first-order valence-corrected chi connectivity index (χ1v) is 6.98. The molecule has 0 aromatic carbocycles. The molecule has 0 saturated heterocycles. The second kappa shape index (κ2) is 5.40. The Morgan fingerprint density at radius 3 is 2.72 bits per heavy atom. The van der Waals surface area contributed by atoms with Crippen molar-refractivity contribution in [2.75, 3.05) is 11.1 Å². The average molecular weight is 261 g/mol. The fourth-order valence-corrected chi connectivity index (χ4v) is 2.84. The van der Waals surface area contributed by atoms with Crippen LogP contribution in [0.25, 0.3) is 0 Å². The summed E-state index contributed by atoms with van der Waals surface area (Å²) in [6.45, 7) is 6.38. The van der Waals surface area contributed by atoms with Gasteiger partial charge in [-0.25, -0.2) is 4.98 Å². The standard InChI is InChI=1S/C14H19N3S/c1-9(2)13(12-5-4-6-18-12)17-14-11(15)7-10(3)8-16-14/h4-9,13H,15H2,1-3H3,(H,16,17). The molecule has 0 saturated carbocycles. The molecule has 1 atom stereocenters. The van der Waals surface area contributed by atoms with E-state index in [1.807, 2.05) is 19.2 Å². The third-order valence-corrected chi connectivity index (χ3v) is 3.82. The minimum atomic E-state index is 0.252. The molecule has 0 bridgehead atoms. The van der Waals surface area contributed by atoms with Gasteiger partial charge >= 0.3 is 0 Å². The van der Waals surface area contributed by atoms with Gasteiger partial charge in [-0.3, -0.25) is 0 Å². The molecule has 0 aliphatic carbocycles. The van der Waals surface area contributed by atoms with Gasteiger partial charge < -0.3 is 11.1 Å². The normalized spacial score (nSPS) is 12.7. The van der Waals surface area contributed by atoms with E-state index in [-0.39, 0.29) is 6.04 Å². The van der Waals surface area contributed by atoms with E-state index in [1.165, 1.54) is 4.88 Å². The molecule has 3 nitrogen and oxygen atoms in total. The number of hydrogen-bond donors (Lipinski definition) is 2. The Balaban J connectivity index is 2.24. The van der Waals surface area contributed by atoms with Crippen LogP contribution in [0.1, 0.15) is 30.3 Å². The van der Waals surface area contributed by atoms with Crippen molar-refractivity contribution in [1.82, 2.24) is 4.98 Å². The van der Waals surface area contributed by atoms with E-state index in [0.29, 0.717) is 11.6 Å². The lowest BCUT2D eigenvalue weighted by molar-refractivity contribution is 0.552. The molecule has 0 fully saturated rings. The van der Waals surface area contributed by atoms with Crippen molar-refractivity contribution in [3.05, 3.63) is 40.2 Å². The van der Waals surface area contributed by atoms with Crippen molar-refractivity contribution in [3.63, 3.8) is 0 Å². The highest BCUT2D eigenvalue weighted by Crippen LogP contribution is 2.30. The molecule has 0 aliphatic rings. The van der Waals surface area contributed by atoms with E-state index in [2.05, 4.69) is 41.7 Å². The molecule has 1 unspecified atom stereocenters. The quantitative estimate of drug-likeness (QED) is 0.879. The lowest BCUT2D eigenvalue weighted by Gasteiger charge is -2.22. The molecular weight excluding hydrogens is 242 g/mol. The third-order valence-electron chi connectivity index (χ3n) is 2.86. The highest BCUT2D eigenvalue weighted by Gasteiger charge is 2.18. The molecule has 3 N–H and O–H groups in total. The number of thiophene rings is 1. The van der Waals surface area contributed by atoms with Gasteiger partial charge in [0.05, 0.1) is 11.7 Å². The first-order valence-electron chi connectivity index (χ1n) is 6.10. The number of pyridine rings is 1. The second-order valence-electron chi connectivity index (χ2n) is 4.83. The van der Waals surface area contributed by atoms with Gasteiger partial charge in [0.1, 0.15) is 5.82 Å². The Morgan fingerprint density at radius 2 is 2.17 bits per heavy atom. The average Bonchev–Trinajstić information content (AvgIpc) is 2.80. The van der Waals surface area contributed by atoms with Crippen molar-refractivity contribution in [2.24, 2.45) is 5.92 Å². The number of nitrogens with zero attached hydrogens (tertiary/aromatic N) is 1. The molecule has 2 rings (SSSR count). The molecule has 2 heterocycles. The van der Waals surface area contributed by atoms with Crippen molar-refractivity contribution >= 4 is 22.8 Å². The summed E-state index contributed by atoms with van der Waals surface area (Å²) < 4.78 is 0. The maximum absolute atomic E-state index is 6.00. The van der Waals surface area contributed by atoms with Gasteiger partial charge in [0.2, 0.25) is 0 Å². The minimum absolute atomic E-state index is 0.252. The zero-order valence-corrected chi connectivity index (χ0v) is 11.8. The van der Waals surface area contributed by atoms with Gasteiger partial charge in [-0.2, -0.15) is 0 Å². The first-order chi connectivity index (χ1) is 8.58. The van der Waals surface area contributed by atoms with E-state index in [4.69, 9.17) is 5.73 Å². The Labute approximate surface area is 112 Å². The molecule has 18 heavy (non-hydrogen) atoms. The van der Waals surface area contributed by atoms with E-state index >= 15 is 0 Å². The molecule has 2 aromatic heterocycles. The van der Waals surface area contributed by atoms with Crippen LogP contribution < -0.4 is 11.1 Å². The number of anilines is 2. The van der Waals surface area contributed by atoms with Crippen molar-refractivity contribution < 1.29 is 0 Å². The summed E-state index contributed by atoms with van der Waals surface area (Å²) >= 11 is 1.76. The van der Waals surface area contributed by atoms with Gasteiger partial charge in [0, 0.05) is 11.1 Å². The molecule has 0 amide bonds. The van der Waals surface area contributed by atoms with Crippen molar-refractivity contribution in [1.29, 1.82) is 0 Å². The summed E-state index contributed by atoms with van der Waals surface area (Å²) in [6, 6.07) is 6.42. The van der Waals surface area contributed by atoms with Gasteiger partial charge in [0.25, 0.3) is 0 Å². The fraction of sp³-hybridized carbons (Fsp3) is 0.357. The highest BCUT2D eigenvalue weighted by atomic mass is 32.1. The van der Waals surface area contributed by atoms with E-state index < -0.39 is 0 Å². The van der Waals surface area contributed by atoms with Crippen molar-refractivity contribution in [2.45, 2.75) is 26.8 Å². The van der Waals surface area contributed by atoms with Gasteiger partial charge in [-0.05, 0) is 35.9 Å². The number of nitrogen functional groups attached to an aromatic ring is 1. The number of nitrogens with two attached hydrogens (primary N) is 1. The predicted molar refractivity (Wildman–Crippen MR) is 78.9 cm³/mol. The topological polar surface area (TPSA) is 50.9 Å². The number of rotatable bonds is 4. The van der Waals surface area contributed by atoms with Crippen LogP contribution in [0.4, 0.5) is 11.5 Å². The van der Waals surface area contributed by atoms with E-state index in [1.54, 1.807) is 11.3 Å². The SMILES string of the molecule is Cc1cnc(NC(c2cccs2)C(C)C)c(N)c1. The third kappa shape index (κ3) is 2.82. The minimum Gasteiger partial charge on any atom is -0.396 e. The van der Waals surface area contributed by atoms with Crippen LogP contribution in [0.3, 0.4) is 0 Å². The highest BCUT2D eigenvalue weighted by molar-refractivity contribution is 7.10. The number of hydrogen-bond acceptors (Lipinski definition) is 4. The number of nitrogens with one attached hydrogen (secondary N) is 1. The van der Waals surface area contributed by atoms with Crippen molar-refractivity contribution in [3.8, 4) is 0 Å². The van der Waals surface area contributed by atoms with E-state index in [9.17, 15) is 0 Å². The zero-order chi connectivity index (χ0) is 13.1. The summed E-state index contributed by atoms with van der Waals surface area (Å²) in [5.74, 6) is 1.25. The first kappa shape index (κ1) is 12.9. The lowest BCUT2D eigenvalue weighted by atomic mass is 10.0. The zero-order valence-electron chi connectivity index (χ0n) is 11.0. The summed E-state index contributed by atoms with van der Waals surface area (Å²) in [6.07, 6.45) is 1.84. The maximum Gasteiger partial charge on any atom is 0.149 e. The summed E-state index contributed by atoms with van der Waals surface area (Å²) in [5, 5.41) is 5.55. The van der Waals surface area contributed by atoms with Crippen LogP contribution >= 0.6 is 11.3 Å². The van der Waals surface area contributed by atoms with Gasteiger partial charge in [-0.15, -0.1) is 11.3 Å². The monoisotopic (exact) mass is 261 g/mol. The van der Waals surface area contributed by atoms with Crippen LogP contribution in [0, 0.1) is 12.8 Å². The van der Waals surface area contributed by atoms with Crippen LogP contribution in [0.15, 0.2) is 29.8 Å². The van der Waals surface area contributed by atoms with Crippen LogP contribution in [-0.4, -0.2) is 4.98 Å². The van der Waals surface area contributed by atoms with Crippen LogP contribution in [-0.2, 0) is 0 Å².